The summed E-state index contributed by atoms with van der Waals surface area (Å²) < 4.78 is 22.0. The van der Waals surface area contributed by atoms with Gasteiger partial charge in [-0.1, -0.05) is 26.0 Å². The number of carbonyl (C=O) groups excluding carboxylic acids is 1. The van der Waals surface area contributed by atoms with Crippen molar-refractivity contribution in [1.82, 2.24) is 0 Å². The van der Waals surface area contributed by atoms with E-state index in [0.29, 0.717) is 12.0 Å². The molecule has 3 aliphatic rings. The molecule has 0 spiro atoms. The van der Waals surface area contributed by atoms with Crippen LogP contribution in [0, 0.1) is 5.41 Å². The molecule has 2 fully saturated rings. The van der Waals surface area contributed by atoms with Crippen LogP contribution in [-0.4, -0.2) is 111 Å². The summed E-state index contributed by atoms with van der Waals surface area (Å²) in [5, 5.41) is 60.3. The molecule has 0 unspecified atom stereocenters. The number of hydrogen-bond donors (Lipinski definition) is 6. The average molecular weight is 503 g/mol. The summed E-state index contributed by atoms with van der Waals surface area (Å²) in [5.41, 5.74) is 1.45. The van der Waals surface area contributed by atoms with Crippen LogP contribution in [0.15, 0.2) is 23.3 Å². The van der Waals surface area contributed by atoms with Gasteiger partial charge in [-0.25, -0.2) is 0 Å². The SMILES string of the molecule is CC1=C(/C=C/[C@@H](C)O[C@@H]2O[C@H](CO[C@@H]3OC[C@H](O)[C@H](O)[C@@H]3O)[C@@H](O)[C@H](O)[C@H]2O)C(C)(C)CCC1=O. The summed E-state index contributed by atoms with van der Waals surface area (Å²) >= 11 is 0. The van der Waals surface area contributed by atoms with Gasteiger partial charge < -0.3 is 49.6 Å². The highest BCUT2D eigenvalue weighted by molar-refractivity contribution is 5.97. The lowest BCUT2D eigenvalue weighted by Gasteiger charge is -2.42. The minimum absolute atomic E-state index is 0.109. The highest BCUT2D eigenvalue weighted by Crippen LogP contribution is 2.39. The normalized spacial score (nSPS) is 41.4. The molecule has 11 nitrogen and oxygen atoms in total. The highest BCUT2D eigenvalue weighted by atomic mass is 16.7. The third-order valence-electron chi connectivity index (χ3n) is 6.96. The number of rotatable bonds is 7. The van der Waals surface area contributed by atoms with Crippen LogP contribution in [0.5, 0.6) is 0 Å². The largest absolute Gasteiger partial charge is 0.388 e. The Kier molecular flexibility index (Phi) is 9.25. The summed E-state index contributed by atoms with van der Waals surface area (Å²) in [6.45, 7) is 7.03. The predicted octanol–water partition coefficient (Wildman–Crippen LogP) is -1.08. The Labute approximate surface area is 204 Å². The Morgan fingerprint density at radius 3 is 2.37 bits per heavy atom. The van der Waals surface area contributed by atoms with E-state index in [1.807, 2.05) is 6.08 Å². The predicted molar refractivity (Wildman–Crippen MR) is 121 cm³/mol. The molecule has 0 saturated carbocycles. The molecule has 0 bridgehead atoms. The number of Topliss-reactive ketones (excluding diaryl/α,β-unsaturated/α-hetero) is 1. The van der Waals surface area contributed by atoms with Crippen LogP contribution < -0.4 is 0 Å². The first-order valence-electron chi connectivity index (χ1n) is 11.9. The first-order chi connectivity index (χ1) is 16.3. The molecule has 2 saturated heterocycles. The Morgan fingerprint density at radius 1 is 1.03 bits per heavy atom. The van der Waals surface area contributed by atoms with Gasteiger partial charge in [-0.2, -0.15) is 0 Å². The van der Waals surface area contributed by atoms with Gasteiger partial charge in [0.25, 0.3) is 0 Å². The lowest BCUT2D eigenvalue weighted by molar-refractivity contribution is -0.324. The van der Waals surface area contributed by atoms with E-state index < -0.39 is 61.4 Å². The molecule has 1 aliphatic carbocycles. The van der Waals surface area contributed by atoms with Crippen molar-refractivity contribution in [2.24, 2.45) is 5.41 Å². The standard InChI is InChI=1S/C24H38O11/c1-11(5-6-13-12(2)14(25)7-8-24(13,3)4)34-23-21(31)19(29)18(28)16(35-23)10-33-22-20(30)17(27)15(26)9-32-22/h5-6,11,15-23,26-31H,7-10H2,1-4H3/b6-5+/t11-,15+,16-,17+,18-,19+,20+,21-,22+,23-/m1/s1. The average Bonchev–Trinajstić information content (AvgIpc) is 2.80. The molecule has 2 heterocycles. The Bertz CT molecular complexity index is 809. The minimum Gasteiger partial charge on any atom is -0.388 e. The van der Waals surface area contributed by atoms with E-state index in [2.05, 4.69) is 13.8 Å². The second-order valence-electron chi connectivity index (χ2n) is 10.1. The van der Waals surface area contributed by atoms with Gasteiger partial charge in [0.2, 0.25) is 0 Å². The van der Waals surface area contributed by atoms with E-state index in [9.17, 15) is 35.4 Å². The van der Waals surface area contributed by atoms with Gasteiger partial charge in [0.05, 0.1) is 19.3 Å². The molecular weight excluding hydrogens is 464 g/mol. The van der Waals surface area contributed by atoms with Crippen molar-refractivity contribution in [3.63, 3.8) is 0 Å². The van der Waals surface area contributed by atoms with Gasteiger partial charge in [0.1, 0.15) is 42.7 Å². The number of carbonyl (C=O) groups is 1. The summed E-state index contributed by atoms with van der Waals surface area (Å²) in [6.07, 6.45) is -8.41. The van der Waals surface area contributed by atoms with E-state index in [4.69, 9.17) is 18.9 Å². The van der Waals surface area contributed by atoms with Crippen LogP contribution in [0.2, 0.25) is 0 Å². The highest BCUT2D eigenvalue weighted by Gasteiger charge is 2.46. The van der Waals surface area contributed by atoms with Crippen molar-refractivity contribution in [3.05, 3.63) is 23.3 Å². The van der Waals surface area contributed by atoms with E-state index in [-0.39, 0.29) is 24.4 Å². The van der Waals surface area contributed by atoms with Crippen LogP contribution in [0.1, 0.15) is 40.5 Å². The second-order valence-corrected chi connectivity index (χ2v) is 10.1. The van der Waals surface area contributed by atoms with Gasteiger partial charge in [-0.15, -0.1) is 0 Å². The molecule has 10 atom stereocenters. The molecule has 0 aromatic heterocycles. The lowest BCUT2D eigenvalue weighted by atomic mass is 9.72. The summed E-state index contributed by atoms with van der Waals surface area (Å²) in [6, 6.07) is 0. The molecular formula is C24H38O11. The number of allylic oxidation sites excluding steroid dienone is 3. The zero-order valence-electron chi connectivity index (χ0n) is 20.5. The van der Waals surface area contributed by atoms with Crippen LogP contribution in [0.4, 0.5) is 0 Å². The topological polar surface area (TPSA) is 175 Å². The van der Waals surface area contributed by atoms with Gasteiger partial charge in [-0.05, 0) is 36.8 Å². The molecule has 0 radical (unpaired) electrons. The number of aliphatic hydroxyl groups is 6. The Balaban J connectivity index is 1.62. The fraction of sp³-hybridized carbons (Fsp3) is 0.792. The lowest BCUT2D eigenvalue weighted by Crippen LogP contribution is -2.60. The molecule has 2 aliphatic heterocycles. The molecule has 200 valence electrons. The van der Waals surface area contributed by atoms with Crippen molar-refractivity contribution in [2.75, 3.05) is 13.2 Å². The van der Waals surface area contributed by atoms with Crippen LogP contribution in [-0.2, 0) is 23.7 Å². The fourth-order valence-electron chi connectivity index (χ4n) is 4.53. The third-order valence-corrected chi connectivity index (χ3v) is 6.96. The summed E-state index contributed by atoms with van der Waals surface area (Å²) in [5.74, 6) is 0.109. The van der Waals surface area contributed by atoms with E-state index in [1.165, 1.54) is 0 Å². The van der Waals surface area contributed by atoms with E-state index >= 15 is 0 Å². The maximum Gasteiger partial charge on any atom is 0.187 e. The summed E-state index contributed by atoms with van der Waals surface area (Å²) in [7, 11) is 0. The minimum atomic E-state index is -1.59. The molecule has 35 heavy (non-hydrogen) atoms. The van der Waals surface area contributed by atoms with Gasteiger partial charge in [-0.3, -0.25) is 4.79 Å². The molecule has 0 aromatic carbocycles. The molecule has 6 N–H and O–H groups in total. The van der Waals surface area contributed by atoms with Crippen LogP contribution in [0.3, 0.4) is 0 Å². The monoisotopic (exact) mass is 502 g/mol. The molecule has 11 heteroatoms. The zero-order chi connectivity index (χ0) is 26.1. The van der Waals surface area contributed by atoms with E-state index in [1.54, 1.807) is 19.9 Å². The second kappa shape index (κ2) is 11.4. The number of aliphatic hydroxyl groups excluding tert-OH is 6. The van der Waals surface area contributed by atoms with Crippen LogP contribution >= 0.6 is 0 Å². The van der Waals surface area contributed by atoms with Gasteiger partial charge >= 0.3 is 0 Å². The maximum atomic E-state index is 12.1. The first kappa shape index (κ1) is 28.3. The van der Waals surface area contributed by atoms with Crippen molar-refractivity contribution in [3.8, 4) is 0 Å². The van der Waals surface area contributed by atoms with Crippen molar-refractivity contribution >= 4 is 5.78 Å². The zero-order valence-corrected chi connectivity index (χ0v) is 20.5. The smallest absolute Gasteiger partial charge is 0.187 e. The fourth-order valence-corrected chi connectivity index (χ4v) is 4.53. The maximum absolute atomic E-state index is 12.1. The van der Waals surface area contributed by atoms with Crippen molar-refractivity contribution < 1.29 is 54.4 Å². The molecule has 3 rings (SSSR count). The molecule has 0 amide bonds. The van der Waals surface area contributed by atoms with E-state index in [0.717, 1.165) is 12.0 Å². The Hall–Kier alpha value is -1.25. The van der Waals surface area contributed by atoms with Crippen LogP contribution in [0.25, 0.3) is 0 Å². The van der Waals surface area contributed by atoms with Crippen molar-refractivity contribution in [2.45, 2.75) is 102 Å². The number of ketones is 1. The van der Waals surface area contributed by atoms with Crippen molar-refractivity contribution in [1.29, 1.82) is 0 Å². The number of hydrogen-bond acceptors (Lipinski definition) is 11. The number of ether oxygens (including phenoxy) is 4. The molecule has 0 aromatic rings. The quantitative estimate of drug-likeness (QED) is 0.250. The Morgan fingerprint density at radius 2 is 1.69 bits per heavy atom. The summed E-state index contributed by atoms with van der Waals surface area (Å²) in [4.78, 5) is 12.1. The third kappa shape index (κ3) is 6.37. The first-order valence-corrected chi connectivity index (χ1v) is 11.9. The van der Waals surface area contributed by atoms with Gasteiger partial charge in [0, 0.05) is 6.42 Å². The van der Waals surface area contributed by atoms with Gasteiger partial charge in [0.15, 0.2) is 18.4 Å².